The van der Waals surface area contributed by atoms with Crippen LogP contribution in [-0.4, -0.2) is 23.6 Å². The first-order valence-corrected chi connectivity index (χ1v) is 7.96. The van der Waals surface area contributed by atoms with Gasteiger partial charge in [0.15, 0.2) is 11.6 Å². The molecule has 0 atom stereocenters. The number of halogens is 1. The molecule has 2 aromatic rings. The lowest BCUT2D eigenvalue weighted by Crippen LogP contribution is -2.21. The van der Waals surface area contributed by atoms with E-state index < -0.39 is 0 Å². The molecule has 0 aliphatic carbocycles. The zero-order valence-electron chi connectivity index (χ0n) is 12.7. The van der Waals surface area contributed by atoms with Crippen molar-refractivity contribution in [1.82, 2.24) is 15.3 Å². The number of aryl methyl sites for hydroxylation is 1. The maximum absolute atomic E-state index is 14.5. The lowest BCUT2D eigenvalue weighted by Gasteiger charge is -2.19. The van der Waals surface area contributed by atoms with E-state index >= 15 is 0 Å². The third-order valence-electron chi connectivity index (χ3n) is 3.12. The van der Waals surface area contributed by atoms with E-state index in [-0.39, 0.29) is 5.82 Å². The van der Waals surface area contributed by atoms with Gasteiger partial charge in [-0.05, 0) is 26.0 Å². The Labute approximate surface area is 129 Å². The molecular formula is C15H21FN4S. The number of thiazole rings is 1. The Morgan fingerprint density at radius 2 is 2.24 bits per heavy atom. The normalized spacial score (nSPS) is 10.9. The first-order valence-electron chi connectivity index (χ1n) is 7.08. The number of aromatic nitrogens is 2. The Balaban J connectivity index is 2.09. The summed E-state index contributed by atoms with van der Waals surface area (Å²) in [6.45, 7) is 6.02. The van der Waals surface area contributed by atoms with E-state index in [0.717, 1.165) is 23.7 Å². The fraction of sp³-hybridized carbons (Fsp3) is 0.467. The van der Waals surface area contributed by atoms with Crippen molar-refractivity contribution in [2.24, 2.45) is 0 Å². The minimum Gasteiger partial charge on any atom is -0.351 e. The van der Waals surface area contributed by atoms with Crippen molar-refractivity contribution in [2.75, 3.05) is 18.5 Å². The van der Waals surface area contributed by atoms with Crippen LogP contribution in [0.25, 0.3) is 0 Å². The van der Waals surface area contributed by atoms with Crippen molar-refractivity contribution >= 4 is 17.2 Å². The average Bonchev–Trinajstić information content (AvgIpc) is 2.86. The molecule has 0 radical (unpaired) electrons. The quantitative estimate of drug-likeness (QED) is 0.798. The summed E-state index contributed by atoms with van der Waals surface area (Å²) in [5.74, 6) is 0.118. The SMILES string of the molecule is CCCNCc1ccnc(N(C)Cc2csc(C)n2)c1F. The molecule has 0 amide bonds. The molecule has 4 nitrogen and oxygen atoms in total. The number of anilines is 1. The van der Waals surface area contributed by atoms with Crippen molar-refractivity contribution in [2.45, 2.75) is 33.4 Å². The minimum absolute atomic E-state index is 0.254. The first kappa shape index (κ1) is 15.9. The zero-order valence-corrected chi connectivity index (χ0v) is 13.5. The van der Waals surface area contributed by atoms with Crippen LogP contribution < -0.4 is 10.2 Å². The number of hydrogen-bond donors (Lipinski definition) is 1. The third kappa shape index (κ3) is 4.22. The van der Waals surface area contributed by atoms with Crippen molar-refractivity contribution < 1.29 is 4.39 Å². The molecule has 2 rings (SSSR count). The third-order valence-corrected chi connectivity index (χ3v) is 3.94. The fourth-order valence-corrected chi connectivity index (χ4v) is 2.68. The van der Waals surface area contributed by atoms with Gasteiger partial charge in [-0.1, -0.05) is 6.92 Å². The van der Waals surface area contributed by atoms with Gasteiger partial charge in [0, 0.05) is 30.7 Å². The highest BCUT2D eigenvalue weighted by atomic mass is 32.1. The van der Waals surface area contributed by atoms with Gasteiger partial charge < -0.3 is 10.2 Å². The van der Waals surface area contributed by atoms with Gasteiger partial charge in [0.25, 0.3) is 0 Å². The van der Waals surface area contributed by atoms with Crippen molar-refractivity contribution in [1.29, 1.82) is 0 Å². The van der Waals surface area contributed by atoms with Gasteiger partial charge in [-0.15, -0.1) is 11.3 Å². The largest absolute Gasteiger partial charge is 0.351 e. The molecule has 0 fully saturated rings. The Kier molecular flexibility index (Phi) is 5.64. The second-order valence-electron chi connectivity index (χ2n) is 5.00. The lowest BCUT2D eigenvalue weighted by molar-refractivity contribution is 0.577. The van der Waals surface area contributed by atoms with Gasteiger partial charge in [0.05, 0.1) is 17.2 Å². The summed E-state index contributed by atoms with van der Waals surface area (Å²) >= 11 is 1.60. The fourth-order valence-electron chi connectivity index (χ4n) is 2.07. The summed E-state index contributed by atoms with van der Waals surface area (Å²) < 4.78 is 14.5. The van der Waals surface area contributed by atoms with Crippen LogP contribution in [0.1, 0.15) is 29.6 Å². The Morgan fingerprint density at radius 1 is 1.43 bits per heavy atom. The summed E-state index contributed by atoms with van der Waals surface area (Å²) in [5, 5.41) is 6.23. The summed E-state index contributed by atoms with van der Waals surface area (Å²) in [6.07, 6.45) is 2.69. The smallest absolute Gasteiger partial charge is 0.170 e. The monoisotopic (exact) mass is 308 g/mol. The van der Waals surface area contributed by atoms with Crippen LogP contribution in [0, 0.1) is 12.7 Å². The van der Waals surface area contributed by atoms with E-state index in [2.05, 4.69) is 22.2 Å². The van der Waals surface area contributed by atoms with E-state index in [9.17, 15) is 4.39 Å². The molecule has 0 aromatic carbocycles. The van der Waals surface area contributed by atoms with Crippen LogP contribution in [0.4, 0.5) is 10.2 Å². The summed E-state index contributed by atoms with van der Waals surface area (Å²) in [5.41, 5.74) is 1.59. The van der Waals surface area contributed by atoms with Gasteiger partial charge in [-0.3, -0.25) is 0 Å². The molecule has 0 saturated carbocycles. The van der Waals surface area contributed by atoms with E-state index in [1.54, 1.807) is 28.5 Å². The highest BCUT2D eigenvalue weighted by Gasteiger charge is 2.14. The summed E-state index contributed by atoms with van der Waals surface area (Å²) in [7, 11) is 1.84. The summed E-state index contributed by atoms with van der Waals surface area (Å²) in [4.78, 5) is 10.4. The Morgan fingerprint density at radius 3 is 2.90 bits per heavy atom. The van der Waals surface area contributed by atoms with Crippen LogP contribution in [0.5, 0.6) is 0 Å². The van der Waals surface area contributed by atoms with E-state index in [4.69, 9.17) is 0 Å². The van der Waals surface area contributed by atoms with E-state index in [1.807, 2.05) is 19.4 Å². The van der Waals surface area contributed by atoms with Gasteiger partial charge >= 0.3 is 0 Å². The highest BCUT2D eigenvalue weighted by Crippen LogP contribution is 2.20. The van der Waals surface area contributed by atoms with Crippen LogP contribution in [-0.2, 0) is 13.1 Å². The second-order valence-corrected chi connectivity index (χ2v) is 6.06. The molecule has 114 valence electrons. The van der Waals surface area contributed by atoms with Crippen LogP contribution in [0.2, 0.25) is 0 Å². The maximum atomic E-state index is 14.5. The molecular weight excluding hydrogens is 287 g/mol. The van der Waals surface area contributed by atoms with Gasteiger partial charge in [-0.25, -0.2) is 14.4 Å². The first-order chi connectivity index (χ1) is 10.1. The Bertz CT molecular complexity index is 585. The molecule has 1 N–H and O–H groups in total. The molecule has 0 bridgehead atoms. The number of rotatable bonds is 7. The zero-order chi connectivity index (χ0) is 15.2. The lowest BCUT2D eigenvalue weighted by atomic mass is 10.2. The topological polar surface area (TPSA) is 41.1 Å². The number of nitrogens with zero attached hydrogens (tertiary/aromatic N) is 3. The molecule has 21 heavy (non-hydrogen) atoms. The summed E-state index contributed by atoms with van der Waals surface area (Å²) in [6, 6.07) is 1.72. The predicted octanol–water partition coefficient (Wildman–Crippen LogP) is 3.12. The molecule has 2 aromatic heterocycles. The van der Waals surface area contributed by atoms with Crippen molar-refractivity contribution in [3.63, 3.8) is 0 Å². The van der Waals surface area contributed by atoms with E-state index in [0.29, 0.717) is 24.5 Å². The Hall–Kier alpha value is -1.53. The predicted molar refractivity (Wildman–Crippen MR) is 85.2 cm³/mol. The van der Waals surface area contributed by atoms with Crippen LogP contribution >= 0.6 is 11.3 Å². The molecule has 0 saturated heterocycles. The number of hydrogen-bond acceptors (Lipinski definition) is 5. The maximum Gasteiger partial charge on any atom is 0.170 e. The van der Waals surface area contributed by atoms with Gasteiger partial charge in [0.2, 0.25) is 0 Å². The molecule has 2 heterocycles. The molecule has 0 aliphatic rings. The highest BCUT2D eigenvalue weighted by molar-refractivity contribution is 7.09. The molecule has 6 heteroatoms. The molecule has 0 unspecified atom stereocenters. The molecule has 0 aliphatic heterocycles. The standard InChI is InChI=1S/C15H21FN4S/c1-4-6-17-8-12-5-7-18-15(14(12)16)20(3)9-13-10-21-11(2)19-13/h5,7,10,17H,4,6,8-9H2,1-3H3. The van der Waals surface area contributed by atoms with Gasteiger partial charge in [0.1, 0.15) is 0 Å². The van der Waals surface area contributed by atoms with Crippen molar-refractivity contribution in [3.8, 4) is 0 Å². The second kappa shape index (κ2) is 7.47. The average molecular weight is 308 g/mol. The van der Waals surface area contributed by atoms with Crippen LogP contribution in [0.3, 0.4) is 0 Å². The minimum atomic E-state index is -0.254. The van der Waals surface area contributed by atoms with E-state index in [1.165, 1.54) is 0 Å². The molecule has 0 spiro atoms. The van der Waals surface area contributed by atoms with Crippen LogP contribution in [0.15, 0.2) is 17.6 Å². The van der Waals surface area contributed by atoms with Gasteiger partial charge in [-0.2, -0.15) is 0 Å². The number of pyridine rings is 1. The van der Waals surface area contributed by atoms with Crippen molar-refractivity contribution in [3.05, 3.63) is 39.7 Å². The number of nitrogens with one attached hydrogen (secondary N) is 1.